The van der Waals surface area contributed by atoms with Crippen molar-refractivity contribution in [2.75, 3.05) is 19.4 Å². The van der Waals surface area contributed by atoms with Crippen molar-refractivity contribution in [1.82, 2.24) is 8.96 Å². The average molecular weight is 370 g/mol. The lowest BCUT2D eigenvalue weighted by molar-refractivity contribution is 0.580. The normalized spacial score (nSPS) is 12.7. The lowest BCUT2D eigenvalue weighted by Crippen LogP contribution is -2.23. The monoisotopic (exact) mass is 370 g/mol. The Bertz CT molecular complexity index is 1070. The molecule has 0 radical (unpaired) electrons. The van der Waals surface area contributed by atoms with Crippen molar-refractivity contribution in [2.24, 2.45) is 4.99 Å². The number of nitrogens with one attached hydrogen (secondary N) is 1. The van der Waals surface area contributed by atoms with E-state index in [1.54, 1.807) is 27.9 Å². The highest BCUT2D eigenvalue weighted by atomic mass is 32.2. The molecular weight excluding hydrogens is 348 g/mol. The van der Waals surface area contributed by atoms with Gasteiger partial charge >= 0.3 is 0 Å². The Kier molecular flexibility index (Phi) is 4.82. The number of imidazole rings is 1. The molecule has 0 unspecified atom stereocenters. The van der Waals surface area contributed by atoms with E-state index in [9.17, 15) is 8.42 Å². The van der Waals surface area contributed by atoms with E-state index in [-0.39, 0.29) is 0 Å². The fourth-order valence-electron chi connectivity index (χ4n) is 2.85. The van der Waals surface area contributed by atoms with Crippen molar-refractivity contribution in [3.05, 3.63) is 59.7 Å². The molecule has 0 saturated carbocycles. The van der Waals surface area contributed by atoms with Gasteiger partial charge in [0.2, 0.25) is 16.0 Å². The van der Waals surface area contributed by atoms with Crippen LogP contribution in [0.3, 0.4) is 0 Å². The lowest BCUT2D eigenvalue weighted by atomic mass is 10.0. The van der Waals surface area contributed by atoms with Crippen LogP contribution in [-0.4, -0.2) is 42.4 Å². The smallest absolute Gasteiger partial charge is 0.244 e. The molecule has 3 rings (SSSR count). The molecule has 0 aliphatic carbocycles. The molecule has 26 heavy (non-hydrogen) atoms. The van der Waals surface area contributed by atoms with Crippen LogP contribution >= 0.6 is 0 Å². The quantitative estimate of drug-likeness (QED) is 0.700. The van der Waals surface area contributed by atoms with E-state index in [0.717, 1.165) is 16.8 Å². The highest BCUT2D eigenvalue weighted by Crippen LogP contribution is 2.26. The molecule has 0 aliphatic rings. The number of nitrogens with zero attached hydrogens (tertiary/aromatic N) is 3. The molecule has 6 nitrogen and oxygen atoms in total. The van der Waals surface area contributed by atoms with E-state index >= 15 is 0 Å². The number of aliphatic imine (C=N–C) groups is 1. The Hall–Kier alpha value is -2.67. The molecule has 136 valence electrons. The van der Waals surface area contributed by atoms with Crippen LogP contribution in [0.1, 0.15) is 25.0 Å². The number of fused-ring (bicyclic) bond motifs is 1. The summed E-state index contributed by atoms with van der Waals surface area (Å²) in [7, 11) is -0.171. The molecule has 1 aromatic heterocycles. The predicted molar refractivity (Wildman–Crippen MR) is 107 cm³/mol. The van der Waals surface area contributed by atoms with E-state index < -0.39 is 15.3 Å². The van der Waals surface area contributed by atoms with Crippen molar-refractivity contribution < 1.29 is 8.42 Å². The van der Waals surface area contributed by atoms with E-state index in [4.69, 9.17) is 0 Å². The van der Waals surface area contributed by atoms with Gasteiger partial charge in [0.1, 0.15) is 0 Å². The van der Waals surface area contributed by atoms with Gasteiger partial charge in [-0.3, -0.25) is 4.99 Å². The van der Waals surface area contributed by atoms with Crippen LogP contribution in [0.4, 0.5) is 5.95 Å². The van der Waals surface area contributed by atoms with Crippen molar-refractivity contribution in [1.29, 1.82) is 0 Å². The third kappa shape index (κ3) is 2.99. The molecule has 2 aromatic carbocycles. The maximum absolute atomic E-state index is 12.9. The second-order valence-electron chi connectivity index (χ2n) is 6.19. The van der Waals surface area contributed by atoms with Gasteiger partial charge in [0.05, 0.1) is 22.0 Å². The molecule has 0 spiro atoms. The third-order valence-electron chi connectivity index (χ3n) is 4.23. The molecule has 0 amide bonds. The first-order valence-electron chi connectivity index (χ1n) is 8.37. The van der Waals surface area contributed by atoms with Gasteiger partial charge in [-0.2, -0.15) is 0 Å². The number of aromatic nitrogens is 2. The summed E-state index contributed by atoms with van der Waals surface area (Å²) >= 11 is 0. The van der Waals surface area contributed by atoms with Gasteiger partial charge in [0, 0.05) is 25.2 Å². The third-order valence-corrected chi connectivity index (χ3v) is 6.30. The molecule has 0 bridgehead atoms. The standard InChI is InChI=1S/C19H22N4O2S/c1-13(2)26(24,25)23-17-12-15(10-11-16(17)22-19(23)21-4)18(20-3)14-8-6-5-7-9-14/h5-13H,1-4H3,(H,21,22). The fraction of sp³-hybridized carbons (Fsp3) is 0.263. The second kappa shape index (κ2) is 6.92. The summed E-state index contributed by atoms with van der Waals surface area (Å²) in [6.07, 6.45) is 0. The number of hydrogen-bond acceptors (Lipinski definition) is 5. The highest BCUT2D eigenvalue weighted by molar-refractivity contribution is 7.90. The Labute approximate surface area is 153 Å². The van der Waals surface area contributed by atoms with Gasteiger partial charge in [-0.1, -0.05) is 36.4 Å². The van der Waals surface area contributed by atoms with Crippen molar-refractivity contribution >= 4 is 32.7 Å². The SMILES string of the molecule is CN=C(c1ccccc1)c1ccc2nc(NC)n(S(=O)(=O)C(C)C)c2c1. The van der Waals surface area contributed by atoms with Crippen LogP contribution in [0.2, 0.25) is 0 Å². The van der Waals surface area contributed by atoms with Crippen LogP contribution in [0.25, 0.3) is 11.0 Å². The summed E-state index contributed by atoms with van der Waals surface area (Å²) in [5, 5.41) is 2.32. The Morgan fingerprint density at radius 2 is 1.81 bits per heavy atom. The van der Waals surface area contributed by atoms with Gasteiger partial charge in [-0.25, -0.2) is 17.4 Å². The predicted octanol–water partition coefficient (Wildman–Crippen LogP) is 3.13. The minimum Gasteiger partial charge on any atom is -0.358 e. The van der Waals surface area contributed by atoms with E-state index in [1.807, 2.05) is 48.5 Å². The summed E-state index contributed by atoms with van der Waals surface area (Å²) < 4.78 is 27.0. The number of rotatable bonds is 5. The molecule has 7 heteroatoms. The first-order chi connectivity index (χ1) is 12.4. The van der Waals surface area contributed by atoms with Crippen molar-refractivity contribution in [3.63, 3.8) is 0 Å². The first-order valence-corrected chi connectivity index (χ1v) is 9.87. The fourth-order valence-corrected chi connectivity index (χ4v) is 4.06. The topological polar surface area (TPSA) is 76.3 Å². The number of anilines is 1. The minimum atomic E-state index is -3.56. The molecule has 0 atom stereocenters. The molecule has 1 heterocycles. The summed E-state index contributed by atoms with van der Waals surface area (Å²) in [4.78, 5) is 8.82. The van der Waals surface area contributed by atoms with Crippen molar-refractivity contribution in [3.8, 4) is 0 Å². The van der Waals surface area contributed by atoms with Gasteiger partial charge in [0.15, 0.2) is 0 Å². The molecule has 0 fully saturated rings. The maximum atomic E-state index is 12.9. The highest BCUT2D eigenvalue weighted by Gasteiger charge is 2.25. The van der Waals surface area contributed by atoms with E-state index in [0.29, 0.717) is 17.0 Å². The average Bonchev–Trinajstić information content (AvgIpc) is 3.01. The lowest BCUT2D eigenvalue weighted by Gasteiger charge is -2.13. The summed E-state index contributed by atoms with van der Waals surface area (Å²) in [6.45, 7) is 3.32. The Balaban J connectivity index is 2.26. The second-order valence-corrected chi connectivity index (χ2v) is 8.52. The molecular formula is C19H22N4O2S. The molecule has 0 aliphatic heterocycles. The summed E-state index contributed by atoms with van der Waals surface area (Å²) in [5.74, 6) is 0.306. The largest absolute Gasteiger partial charge is 0.358 e. The van der Waals surface area contributed by atoms with Gasteiger partial charge < -0.3 is 5.32 Å². The number of benzene rings is 2. The zero-order valence-electron chi connectivity index (χ0n) is 15.3. The molecule has 3 aromatic rings. The van der Waals surface area contributed by atoms with Crippen LogP contribution in [0.5, 0.6) is 0 Å². The van der Waals surface area contributed by atoms with Gasteiger partial charge in [-0.15, -0.1) is 0 Å². The van der Waals surface area contributed by atoms with E-state index in [2.05, 4.69) is 15.3 Å². The number of hydrogen-bond donors (Lipinski definition) is 1. The van der Waals surface area contributed by atoms with E-state index in [1.165, 1.54) is 3.97 Å². The first kappa shape index (κ1) is 18.1. The zero-order valence-corrected chi connectivity index (χ0v) is 16.1. The molecule has 1 N–H and O–H groups in total. The van der Waals surface area contributed by atoms with Crippen molar-refractivity contribution in [2.45, 2.75) is 19.1 Å². The summed E-state index contributed by atoms with van der Waals surface area (Å²) in [6, 6.07) is 15.4. The van der Waals surface area contributed by atoms with Crippen LogP contribution in [0.15, 0.2) is 53.5 Å². The van der Waals surface area contributed by atoms with Crippen LogP contribution in [0, 0.1) is 0 Å². The van der Waals surface area contributed by atoms with Crippen LogP contribution in [-0.2, 0) is 10.0 Å². The van der Waals surface area contributed by atoms with Gasteiger partial charge in [-0.05, 0) is 26.0 Å². The summed E-state index contributed by atoms with van der Waals surface area (Å²) in [5.41, 5.74) is 3.77. The van der Waals surface area contributed by atoms with Gasteiger partial charge in [0.25, 0.3) is 0 Å². The Morgan fingerprint density at radius 3 is 2.38 bits per heavy atom. The minimum absolute atomic E-state index is 0.306. The molecule has 0 saturated heterocycles. The maximum Gasteiger partial charge on any atom is 0.244 e. The Morgan fingerprint density at radius 1 is 1.12 bits per heavy atom. The zero-order chi connectivity index (χ0) is 18.9. The van der Waals surface area contributed by atoms with Crippen LogP contribution < -0.4 is 5.32 Å².